The first-order valence-electron chi connectivity index (χ1n) is 12.2. The Bertz CT molecular complexity index is 1560. The predicted octanol–water partition coefficient (Wildman–Crippen LogP) is 4.37. The number of halogens is 1. The van der Waals surface area contributed by atoms with Crippen LogP contribution in [-0.2, 0) is 9.53 Å². The Hall–Kier alpha value is -3.37. The lowest BCUT2D eigenvalue weighted by Gasteiger charge is -2.23. The minimum atomic E-state index is -0.746. The second-order valence-corrected chi connectivity index (χ2v) is 10.5. The van der Waals surface area contributed by atoms with E-state index in [-0.39, 0.29) is 17.2 Å². The van der Waals surface area contributed by atoms with Crippen molar-refractivity contribution in [3.63, 3.8) is 0 Å². The van der Waals surface area contributed by atoms with Crippen molar-refractivity contribution in [1.82, 2.24) is 4.57 Å². The number of carbonyl (C=O) groups is 1. The molecule has 1 atom stereocenters. The van der Waals surface area contributed by atoms with Gasteiger partial charge in [0.2, 0.25) is 0 Å². The maximum atomic E-state index is 13.7. The van der Waals surface area contributed by atoms with Crippen molar-refractivity contribution in [2.45, 2.75) is 39.8 Å². The van der Waals surface area contributed by atoms with Crippen LogP contribution in [0.1, 0.15) is 44.9 Å². The van der Waals surface area contributed by atoms with E-state index in [0.717, 1.165) is 15.8 Å². The van der Waals surface area contributed by atoms with Crippen LogP contribution in [-0.4, -0.2) is 37.0 Å². The summed E-state index contributed by atoms with van der Waals surface area (Å²) in [7, 11) is 1.31. The molecule has 0 spiro atoms. The summed E-state index contributed by atoms with van der Waals surface area (Å²) in [4.78, 5) is 31.4. The summed E-state index contributed by atoms with van der Waals surface area (Å²) in [6.45, 7) is 8.60. The van der Waals surface area contributed by atoms with Gasteiger partial charge in [-0.05, 0) is 85.1 Å². The molecule has 1 aliphatic rings. The van der Waals surface area contributed by atoms with Gasteiger partial charge >= 0.3 is 5.97 Å². The van der Waals surface area contributed by atoms with Crippen LogP contribution in [0.2, 0.25) is 0 Å². The molecule has 0 fully saturated rings. The van der Waals surface area contributed by atoms with E-state index in [9.17, 15) is 9.59 Å². The van der Waals surface area contributed by atoms with Gasteiger partial charge in [-0.25, -0.2) is 9.79 Å². The minimum Gasteiger partial charge on any atom is -0.490 e. The molecule has 0 N–H and O–H groups in total. The summed E-state index contributed by atoms with van der Waals surface area (Å²) in [5.41, 5.74) is 1.48. The van der Waals surface area contributed by atoms with Crippen molar-refractivity contribution in [2.24, 2.45) is 4.99 Å². The first-order chi connectivity index (χ1) is 18.3. The lowest BCUT2D eigenvalue weighted by Crippen LogP contribution is -2.39. The van der Waals surface area contributed by atoms with E-state index in [4.69, 9.17) is 18.9 Å². The van der Waals surface area contributed by atoms with Crippen LogP contribution in [0.25, 0.3) is 6.08 Å². The van der Waals surface area contributed by atoms with Crippen molar-refractivity contribution in [2.75, 3.05) is 20.3 Å². The molecule has 3 aromatic rings. The van der Waals surface area contributed by atoms with Crippen molar-refractivity contribution in [3.05, 3.63) is 83.5 Å². The third-order valence-electron chi connectivity index (χ3n) is 5.62. The van der Waals surface area contributed by atoms with Crippen molar-refractivity contribution < 1.29 is 23.7 Å². The summed E-state index contributed by atoms with van der Waals surface area (Å²) in [6.07, 6.45) is 3.31. The standard InChI is InChI=1S/C28H29BrN2O6S/c1-6-35-22-11-9-18(14-23(22)36-7-2)25-19(27(33)34-5)15-30-28-31(25)26(32)24(38-28)13-17-8-10-21(20(29)12-17)37-16(3)4/h8-16,25H,6-7H2,1-5H3/b24-13+/t25-/m1/s1. The van der Waals surface area contributed by atoms with Gasteiger partial charge in [0, 0.05) is 6.20 Å². The van der Waals surface area contributed by atoms with Crippen LogP contribution < -0.4 is 29.1 Å². The number of benzene rings is 2. The summed E-state index contributed by atoms with van der Waals surface area (Å²) in [6, 6.07) is 10.3. The second kappa shape index (κ2) is 12.0. The number of fused-ring (bicyclic) bond motifs is 1. The third-order valence-corrected chi connectivity index (χ3v) is 7.24. The molecule has 0 unspecified atom stereocenters. The van der Waals surface area contributed by atoms with Gasteiger partial charge in [0.05, 0.1) is 47.0 Å². The van der Waals surface area contributed by atoms with Crippen LogP contribution >= 0.6 is 27.3 Å². The van der Waals surface area contributed by atoms with E-state index in [1.807, 2.05) is 52.0 Å². The number of esters is 1. The molecular formula is C28H29BrN2O6S. The molecule has 4 rings (SSSR count). The van der Waals surface area contributed by atoms with Crippen LogP contribution in [0.5, 0.6) is 17.2 Å². The molecule has 0 amide bonds. The fourth-order valence-corrected chi connectivity index (χ4v) is 5.55. The van der Waals surface area contributed by atoms with Crippen LogP contribution in [0, 0.1) is 0 Å². The molecule has 10 heteroatoms. The Morgan fingerprint density at radius 3 is 2.47 bits per heavy atom. The van der Waals surface area contributed by atoms with Crippen LogP contribution in [0.15, 0.2) is 62.4 Å². The van der Waals surface area contributed by atoms with E-state index >= 15 is 0 Å². The summed E-state index contributed by atoms with van der Waals surface area (Å²) < 4.78 is 25.1. The molecule has 0 bridgehead atoms. The second-order valence-electron chi connectivity index (χ2n) is 8.60. The Balaban J connectivity index is 1.85. The topological polar surface area (TPSA) is 88.4 Å². The van der Waals surface area contributed by atoms with Gasteiger partial charge in [0.1, 0.15) is 5.75 Å². The monoisotopic (exact) mass is 600 g/mol. The number of thiazole rings is 1. The molecule has 2 heterocycles. The number of ether oxygens (including phenoxy) is 4. The molecular weight excluding hydrogens is 572 g/mol. The van der Waals surface area contributed by atoms with Gasteiger partial charge in [-0.3, -0.25) is 9.36 Å². The molecule has 0 radical (unpaired) electrons. The average molecular weight is 602 g/mol. The smallest absolute Gasteiger partial charge is 0.337 e. The van der Waals surface area contributed by atoms with Gasteiger partial charge in [-0.2, -0.15) is 0 Å². The fraction of sp³-hybridized carbons (Fsp3) is 0.321. The molecule has 0 aliphatic carbocycles. The highest BCUT2D eigenvalue weighted by molar-refractivity contribution is 9.10. The number of carbonyl (C=O) groups excluding carboxylic acids is 1. The maximum absolute atomic E-state index is 13.7. The first kappa shape index (κ1) is 27.7. The minimum absolute atomic E-state index is 0.0377. The van der Waals surface area contributed by atoms with Gasteiger partial charge < -0.3 is 18.9 Å². The normalized spacial score (nSPS) is 15.0. The van der Waals surface area contributed by atoms with Crippen LogP contribution in [0.3, 0.4) is 0 Å². The zero-order valence-electron chi connectivity index (χ0n) is 21.8. The molecule has 0 saturated heterocycles. The largest absolute Gasteiger partial charge is 0.490 e. The molecule has 38 heavy (non-hydrogen) atoms. The molecule has 1 aliphatic heterocycles. The van der Waals surface area contributed by atoms with Crippen molar-refractivity contribution in [3.8, 4) is 17.2 Å². The zero-order valence-corrected chi connectivity index (χ0v) is 24.2. The highest BCUT2D eigenvalue weighted by Crippen LogP contribution is 2.35. The summed E-state index contributed by atoms with van der Waals surface area (Å²) >= 11 is 4.80. The lowest BCUT2D eigenvalue weighted by molar-refractivity contribution is -0.136. The number of hydrogen-bond acceptors (Lipinski definition) is 8. The first-order valence-corrected chi connectivity index (χ1v) is 13.8. The van der Waals surface area contributed by atoms with E-state index in [2.05, 4.69) is 20.9 Å². The van der Waals surface area contributed by atoms with E-state index in [1.165, 1.54) is 29.2 Å². The van der Waals surface area contributed by atoms with Crippen molar-refractivity contribution in [1.29, 1.82) is 0 Å². The Morgan fingerprint density at radius 2 is 1.82 bits per heavy atom. The zero-order chi connectivity index (χ0) is 27.4. The highest BCUT2D eigenvalue weighted by atomic mass is 79.9. The SMILES string of the molecule is CCOc1ccc([C@@H]2C(C(=O)OC)=CN=c3s/c(=C/c4ccc(OC(C)C)c(Br)c4)c(=O)n32)cc1OCC. The number of methoxy groups -OCH3 is 1. The summed E-state index contributed by atoms with van der Waals surface area (Å²) in [5, 5.41) is 0. The number of rotatable bonds is 9. The van der Waals surface area contributed by atoms with Crippen LogP contribution in [0.4, 0.5) is 0 Å². The van der Waals surface area contributed by atoms with Gasteiger partial charge in [-0.15, -0.1) is 0 Å². The molecule has 200 valence electrons. The number of aromatic nitrogens is 1. The average Bonchev–Trinajstić information content (AvgIpc) is 3.20. The highest BCUT2D eigenvalue weighted by Gasteiger charge is 2.31. The maximum Gasteiger partial charge on any atom is 0.337 e. The Morgan fingerprint density at radius 1 is 1.11 bits per heavy atom. The van der Waals surface area contributed by atoms with E-state index in [0.29, 0.717) is 39.6 Å². The van der Waals surface area contributed by atoms with E-state index in [1.54, 1.807) is 18.2 Å². The van der Waals surface area contributed by atoms with Gasteiger partial charge in [0.15, 0.2) is 16.3 Å². The van der Waals surface area contributed by atoms with Gasteiger partial charge in [-0.1, -0.05) is 23.5 Å². The van der Waals surface area contributed by atoms with Gasteiger partial charge in [0.25, 0.3) is 5.56 Å². The number of nitrogens with zero attached hydrogens (tertiary/aromatic N) is 2. The lowest BCUT2D eigenvalue weighted by atomic mass is 9.97. The third kappa shape index (κ3) is 5.71. The van der Waals surface area contributed by atoms with E-state index < -0.39 is 12.0 Å². The quantitative estimate of drug-likeness (QED) is 0.339. The molecule has 1 aromatic heterocycles. The summed E-state index contributed by atoms with van der Waals surface area (Å²) in [5.74, 6) is 1.28. The Kier molecular flexibility index (Phi) is 8.73. The molecule has 8 nitrogen and oxygen atoms in total. The Labute approximate surface area is 233 Å². The molecule has 2 aromatic carbocycles. The molecule has 0 saturated carbocycles. The number of hydrogen-bond donors (Lipinski definition) is 0. The van der Waals surface area contributed by atoms with Crippen molar-refractivity contribution >= 4 is 39.3 Å². The predicted molar refractivity (Wildman–Crippen MR) is 150 cm³/mol. The fourth-order valence-electron chi connectivity index (χ4n) is 4.10.